The minimum Gasteiger partial charge on any atom is -0.289 e. The zero-order valence-corrected chi connectivity index (χ0v) is 19.0. The molecule has 5 rings (SSSR count). The van der Waals surface area contributed by atoms with Crippen molar-refractivity contribution in [2.45, 2.75) is 17.7 Å². The fourth-order valence-corrected chi connectivity index (χ4v) is 5.92. The Kier molecular flexibility index (Phi) is 4.72. The van der Waals surface area contributed by atoms with E-state index in [-0.39, 0.29) is 32.8 Å². The second-order valence-corrected chi connectivity index (χ2v) is 9.64. The number of carbonyl (C=O) groups excluding carboxylic acids is 2. The first-order valence-electron chi connectivity index (χ1n) is 9.78. The summed E-state index contributed by atoms with van der Waals surface area (Å²) in [4.78, 5) is 61.2. The number of hydrogen-bond donors (Lipinski definition) is 0. The largest absolute Gasteiger partial charge is 0.332 e. The van der Waals surface area contributed by atoms with Crippen molar-refractivity contribution in [2.24, 2.45) is 14.1 Å². The minimum absolute atomic E-state index is 0.0135. The summed E-state index contributed by atoms with van der Waals surface area (Å²) in [6.45, 7) is 1.81. The Morgan fingerprint density at radius 3 is 2.47 bits per heavy atom. The second-order valence-electron chi connectivity index (χ2n) is 7.32. The number of pyridine rings is 1. The molecule has 0 bridgehead atoms. The molecule has 0 unspecified atom stereocenters. The molecule has 1 aromatic carbocycles. The van der Waals surface area contributed by atoms with E-state index in [1.165, 1.54) is 36.1 Å². The molecule has 0 aliphatic heterocycles. The molecular weight excluding hydrogens is 448 g/mol. The van der Waals surface area contributed by atoms with Crippen LogP contribution in [0.2, 0.25) is 0 Å². The van der Waals surface area contributed by atoms with Crippen molar-refractivity contribution in [1.82, 2.24) is 19.1 Å². The summed E-state index contributed by atoms with van der Waals surface area (Å²) in [7, 11) is 2.83. The summed E-state index contributed by atoms with van der Waals surface area (Å²) in [5, 5.41) is -0.0135. The van der Waals surface area contributed by atoms with Crippen molar-refractivity contribution in [3.8, 4) is 0 Å². The van der Waals surface area contributed by atoms with Gasteiger partial charge in [-0.1, -0.05) is 30.8 Å². The van der Waals surface area contributed by atoms with Gasteiger partial charge in [-0.2, -0.15) is 0 Å². The number of thiazole rings is 1. The number of aromatic nitrogens is 4. The van der Waals surface area contributed by atoms with Gasteiger partial charge < -0.3 is 0 Å². The highest BCUT2D eigenvalue weighted by Gasteiger charge is 2.33. The van der Waals surface area contributed by atoms with Crippen LogP contribution in [0.5, 0.6) is 0 Å². The molecule has 0 radical (unpaired) electrons. The predicted molar refractivity (Wildman–Crippen MR) is 124 cm³/mol. The highest BCUT2D eigenvalue weighted by atomic mass is 32.2. The lowest BCUT2D eigenvalue weighted by atomic mass is 9.90. The number of hydrogen-bond acceptors (Lipinski definition) is 8. The molecule has 0 saturated heterocycles. The van der Waals surface area contributed by atoms with Gasteiger partial charge in [-0.3, -0.25) is 23.5 Å². The number of ketones is 2. The van der Waals surface area contributed by atoms with Crippen LogP contribution >= 0.6 is 23.1 Å². The molecular formula is C22H16N4O4S2. The number of aryl methyl sites for hydroxylation is 2. The van der Waals surface area contributed by atoms with Crippen molar-refractivity contribution >= 4 is 55.9 Å². The summed E-state index contributed by atoms with van der Waals surface area (Å²) in [5.74, 6) is -0.827. The maximum atomic E-state index is 13.5. The lowest BCUT2D eigenvalue weighted by Gasteiger charge is -2.19. The monoisotopic (exact) mass is 464 g/mol. The number of thioether (sulfide) groups is 1. The van der Waals surface area contributed by atoms with E-state index in [9.17, 15) is 19.2 Å². The molecule has 3 aromatic heterocycles. The molecule has 160 valence electrons. The van der Waals surface area contributed by atoms with Gasteiger partial charge in [0.1, 0.15) is 5.65 Å². The highest BCUT2D eigenvalue weighted by Crippen LogP contribution is 2.39. The van der Waals surface area contributed by atoms with Gasteiger partial charge in [-0.25, -0.2) is 14.8 Å². The van der Waals surface area contributed by atoms with Gasteiger partial charge in [0, 0.05) is 20.2 Å². The molecule has 32 heavy (non-hydrogen) atoms. The van der Waals surface area contributed by atoms with Crippen LogP contribution in [-0.4, -0.2) is 30.7 Å². The molecule has 8 nitrogen and oxygen atoms in total. The van der Waals surface area contributed by atoms with E-state index in [2.05, 4.69) is 9.97 Å². The van der Waals surface area contributed by atoms with E-state index in [0.717, 1.165) is 26.5 Å². The van der Waals surface area contributed by atoms with Gasteiger partial charge in [0.2, 0.25) is 5.78 Å². The lowest BCUT2D eigenvalue weighted by Crippen LogP contribution is -2.39. The molecule has 1 aliphatic rings. The molecule has 3 heterocycles. The van der Waals surface area contributed by atoms with E-state index < -0.39 is 17.0 Å². The van der Waals surface area contributed by atoms with Crippen LogP contribution in [-0.2, 0) is 20.5 Å². The van der Waals surface area contributed by atoms with Crippen LogP contribution in [0.25, 0.3) is 21.3 Å². The summed E-state index contributed by atoms with van der Waals surface area (Å²) < 4.78 is 3.77. The van der Waals surface area contributed by atoms with E-state index in [4.69, 9.17) is 0 Å². The first-order chi connectivity index (χ1) is 15.3. The van der Waals surface area contributed by atoms with Gasteiger partial charge in [-0.15, -0.1) is 11.3 Å². The Hall–Kier alpha value is -3.37. The van der Waals surface area contributed by atoms with Crippen LogP contribution in [0.15, 0.2) is 49.2 Å². The number of benzene rings is 1. The van der Waals surface area contributed by atoms with Crippen molar-refractivity contribution in [1.29, 1.82) is 0 Å². The van der Waals surface area contributed by atoms with Gasteiger partial charge in [-0.05, 0) is 18.6 Å². The molecule has 10 heteroatoms. The Morgan fingerprint density at radius 2 is 1.75 bits per heavy atom. The molecule has 1 aliphatic carbocycles. The number of Topliss-reactive ketones (excluding diaryl/α,β-unsaturated/α-hetero) is 1. The third kappa shape index (κ3) is 2.90. The number of allylic oxidation sites excluding steroid dienone is 2. The predicted octanol–water partition coefficient (Wildman–Crippen LogP) is 2.86. The third-order valence-electron chi connectivity index (χ3n) is 5.43. The van der Waals surface area contributed by atoms with Crippen molar-refractivity contribution in [3.05, 3.63) is 72.9 Å². The van der Waals surface area contributed by atoms with E-state index in [1.807, 2.05) is 31.2 Å². The Balaban J connectivity index is 1.72. The molecule has 0 amide bonds. The third-order valence-corrected chi connectivity index (χ3v) is 7.55. The Morgan fingerprint density at radius 1 is 1.00 bits per heavy atom. The maximum Gasteiger partial charge on any atom is 0.332 e. The Labute approximate surface area is 189 Å². The van der Waals surface area contributed by atoms with Gasteiger partial charge >= 0.3 is 5.69 Å². The van der Waals surface area contributed by atoms with Crippen molar-refractivity contribution < 1.29 is 9.59 Å². The average molecular weight is 465 g/mol. The van der Waals surface area contributed by atoms with E-state index in [0.29, 0.717) is 16.5 Å². The van der Waals surface area contributed by atoms with E-state index in [1.54, 1.807) is 0 Å². The SMILES string of the molecule is CCc1nc2c(c3c1C(=O)C(Sc1nc4ccccc4s1)=CC3=O)c(=O)n(C)c(=O)n2C. The van der Waals surface area contributed by atoms with Crippen LogP contribution in [0.1, 0.15) is 33.3 Å². The summed E-state index contributed by atoms with van der Waals surface area (Å²) in [6.07, 6.45) is 1.62. The van der Waals surface area contributed by atoms with Crippen molar-refractivity contribution in [2.75, 3.05) is 0 Å². The summed E-state index contributed by atoms with van der Waals surface area (Å²) in [6, 6.07) is 7.63. The normalized spacial score (nSPS) is 13.7. The Bertz CT molecular complexity index is 1610. The highest BCUT2D eigenvalue weighted by molar-refractivity contribution is 8.05. The molecule has 0 fully saturated rings. The summed E-state index contributed by atoms with van der Waals surface area (Å²) >= 11 is 2.57. The fraction of sp³-hybridized carbons (Fsp3) is 0.182. The number of rotatable bonds is 3. The molecule has 4 aromatic rings. The van der Waals surface area contributed by atoms with Crippen LogP contribution < -0.4 is 11.2 Å². The zero-order valence-electron chi connectivity index (χ0n) is 17.3. The first-order valence-corrected chi connectivity index (χ1v) is 11.4. The average Bonchev–Trinajstić information content (AvgIpc) is 3.20. The first kappa shape index (κ1) is 20.5. The van der Waals surface area contributed by atoms with Gasteiger partial charge in [0.15, 0.2) is 10.1 Å². The maximum absolute atomic E-state index is 13.5. The van der Waals surface area contributed by atoms with Crippen LogP contribution in [0, 0.1) is 0 Å². The van der Waals surface area contributed by atoms with Gasteiger partial charge in [0.05, 0.1) is 37.3 Å². The number of nitrogens with zero attached hydrogens (tertiary/aromatic N) is 4. The minimum atomic E-state index is -0.647. The smallest absolute Gasteiger partial charge is 0.289 e. The zero-order chi connectivity index (χ0) is 22.7. The van der Waals surface area contributed by atoms with Gasteiger partial charge in [0.25, 0.3) is 5.56 Å². The van der Waals surface area contributed by atoms with Crippen LogP contribution in [0.3, 0.4) is 0 Å². The van der Waals surface area contributed by atoms with Crippen LogP contribution in [0.4, 0.5) is 0 Å². The fourth-order valence-electron chi connectivity index (χ4n) is 3.83. The molecule has 0 spiro atoms. The topological polar surface area (TPSA) is 104 Å². The van der Waals surface area contributed by atoms with E-state index >= 15 is 0 Å². The number of para-hydroxylation sites is 1. The molecule has 0 saturated carbocycles. The van der Waals surface area contributed by atoms with Crippen molar-refractivity contribution in [3.63, 3.8) is 0 Å². The number of carbonyl (C=O) groups is 2. The molecule has 0 N–H and O–H groups in total. The lowest BCUT2D eigenvalue weighted by molar-refractivity contribution is 0.0991. The number of fused-ring (bicyclic) bond motifs is 4. The quantitative estimate of drug-likeness (QED) is 0.459. The summed E-state index contributed by atoms with van der Waals surface area (Å²) in [5.41, 5.74) is 0.256. The molecule has 0 atom stereocenters. The second kappa shape index (κ2) is 7.35. The standard InChI is InChI=1S/C22H16N4O4S2/c1-4-10-15-16(17-19(23-10)25(2)22(30)26(3)20(17)29)12(27)9-14(18(15)28)32-21-24-11-7-5-6-8-13(11)31-21/h5-9H,4H2,1-3H3.